The molecule has 17 heavy (non-hydrogen) atoms. The van der Waals surface area contributed by atoms with Gasteiger partial charge in [-0.05, 0) is 13.0 Å². The molecule has 0 amide bonds. The third kappa shape index (κ3) is 3.03. The summed E-state index contributed by atoms with van der Waals surface area (Å²) in [4.78, 5) is 14.9. The molecule has 7 heteroatoms. The van der Waals surface area contributed by atoms with E-state index in [2.05, 4.69) is 9.72 Å². The van der Waals surface area contributed by atoms with Gasteiger partial charge in [0.25, 0.3) is 6.43 Å². The summed E-state index contributed by atoms with van der Waals surface area (Å²) in [5.74, 6) is -1.74. The molecule has 0 aliphatic heterocycles. The molecule has 0 fully saturated rings. The Hall–Kier alpha value is -1.43. The number of ether oxygens (including phenoxy) is 1. The smallest absolute Gasteiger partial charge is 0.340 e. The minimum atomic E-state index is -2.94. The van der Waals surface area contributed by atoms with Gasteiger partial charge in [-0.1, -0.05) is 0 Å². The second kappa shape index (κ2) is 5.77. The number of hydrogen-bond donors (Lipinski definition) is 1. The van der Waals surface area contributed by atoms with Gasteiger partial charge >= 0.3 is 5.97 Å². The zero-order valence-electron chi connectivity index (χ0n) is 8.91. The Morgan fingerprint density at radius 2 is 2.29 bits per heavy atom. The van der Waals surface area contributed by atoms with Gasteiger partial charge in [-0.3, -0.25) is 0 Å². The van der Waals surface area contributed by atoms with Crippen molar-refractivity contribution in [3.05, 3.63) is 23.0 Å². The molecule has 0 saturated carbocycles. The number of alkyl halides is 3. The van der Waals surface area contributed by atoms with Crippen LogP contribution >= 0.6 is 11.6 Å². The Morgan fingerprint density at radius 1 is 1.65 bits per heavy atom. The van der Waals surface area contributed by atoms with E-state index in [-0.39, 0.29) is 23.7 Å². The van der Waals surface area contributed by atoms with E-state index in [0.717, 1.165) is 6.07 Å². The van der Waals surface area contributed by atoms with Gasteiger partial charge in [0, 0.05) is 0 Å². The van der Waals surface area contributed by atoms with Crippen molar-refractivity contribution in [1.29, 1.82) is 0 Å². The van der Waals surface area contributed by atoms with Gasteiger partial charge in [-0.2, -0.15) is 0 Å². The summed E-state index contributed by atoms with van der Waals surface area (Å²) >= 11 is 5.51. The molecule has 0 radical (unpaired) electrons. The molecule has 0 atom stereocenters. The van der Waals surface area contributed by atoms with E-state index in [9.17, 15) is 18.7 Å². The summed E-state index contributed by atoms with van der Waals surface area (Å²) in [5, 5.41) is 9.31. The van der Waals surface area contributed by atoms with Crippen molar-refractivity contribution in [2.45, 2.75) is 19.2 Å². The van der Waals surface area contributed by atoms with Crippen LogP contribution in [0.2, 0.25) is 0 Å². The highest BCUT2D eigenvalue weighted by atomic mass is 35.5. The van der Waals surface area contributed by atoms with Gasteiger partial charge in [0.1, 0.15) is 11.4 Å². The predicted molar refractivity (Wildman–Crippen MR) is 56.4 cm³/mol. The minimum absolute atomic E-state index is 0.0433. The molecule has 0 unspecified atom stereocenters. The fourth-order valence-electron chi connectivity index (χ4n) is 1.20. The third-order valence-corrected chi connectivity index (χ3v) is 2.19. The molecule has 1 N–H and O–H groups in total. The number of halogens is 3. The van der Waals surface area contributed by atoms with Crippen molar-refractivity contribution >= 4 is 17.6 Å². The second-order valence-corrected chi connectivity index (χ2v) is 3.31. The lowest BCUT2D eigenvalue weighted by Crippen LogP contribution is -2.10. The molecule has 0 aliphatic carbocycles. The Kier molecular flexibility index (Phi) is 4.62. The van der Waals surface area contributed by atoms with Gasteiger partial charge in [0.15, 0.2) is 0 Å². The van der Waals surface area contributed by atoms with Crippen LogP contribution < -0.4 is 0 Å². The first-order chi connectivity index (χ1) is 8.01. The molecule has 0 spiro atoms. The molecule has 1 heterocycles. The lowest BCUT2D eigenvalue weighted by atomic mass is 10.1. The highest BCUT2D eigenvalue weighted by molar-refractivity contribution is 6.17. The maximum atomic E-state index is 12.4. The largest absolute Gasteiger partial charge is 0.506 e. The van der Waals surface area contributed by atoms with E-state index in [1.54, 1.807) is 6.92 Å². The molecule has 4 nitrogen and oxygen atoms in total. The highest BCUT2D eigenvalue weighted by Gasteiger charge is 2.21. The lowest BCUT2D eigenvalue weighted by molar-refractivity contribution is 0.0523. The predicted octanol–water partition coefficient (Wildman–Crippen LogP) is 2.64. The Labute approximate surface area is 101 Å². The SMILES string of the molecule is CCOC(=O)c1cc(O)c(C(F)F)nc1CCl. The number of rotatable bonds is 4. The number of pyridine rings is 1. The maximum absolute atomic E-state index is 12.4. The quantitative estimate of drug-likeness (QED) is 0.672. The minimum Gasteiger partial charge on any atom is -0.506 e. The van der Waals surface area contributed by atoms with E-state index in [1.807, 2.05) is 0 Å². The topological polar surface area (TPSA) is 59.4 Å². The van der Waals surface area contributed by atoms with Crippen molar-refractivity contribution in [3.8, 4) is 5.75 Å². The van der Waals surface area contributed by atoms with Gasteiger partial charge < -0.3 is 9.84 Å². The van der Waals surface area contributed by atoms with E-state index in [4.69, 9.17) is 11.6 Å². The molecular weight excluding hydrogens is 256 g/mol. The zero-order chi connectivity index (χ0) is 13.0. The molecule has 1 aromatic heterocycles. The highest BCUT2D eigenvalue weighted by Crippen LogP contribution is 2.29. The van der Waals surface area contributed by atoms with Crippen LogP contribution in [0.5, 0.6) is 5.75 Å². The van der Waals surface area contributed by atoms with Crippen molar-refractivity contribution in [2.75, 3.05) is 6.61 Å². The fraction of sp³-hybridized carbons (Fsp3) is 0.400. The summed E-state index contributed by atoms with van der Waals surface area (Å²) in [6, 6.07) is 0.893. The fourth-order valence-corrected chi connectivity index (χ4v) is 1.41. The van der Waals surface area contributed by atoms with Crippen LogP contribution in [-0.2, 0) is 10.6 Å². The third-order valence-electron chi connectivity index (χ3n) is 1.94. The van der Waals surface area contributed by atoms with Crippen molar-refractivity contribution < 1.29 is 23.4 Å². The number of esters is 1. The maximum Gasteiger partial charge on any atom is 0.340 e. The molecule has 0 saturated heterocycles. The van der Waals surface area contributed by atoms with E-state index in [1.165, 1.54) is 0 Å². The molecule has 94 valence electrons. The van der Waals surface area contributed by atoms with Crippen LogP contribution in [0.15, 0.2) is 6.07 Å². The zero-order valence-corrected chi connectivity index (χ0v) is 9.67. The first-order valence-corrected chi connectivity index (χ1v) is 5.28. The summed E-state index contributed by atoms with van der Waals surface area (Å²) in [7, 11) is 0. The molecular formula is C10H10ClF2NO3. The standard InChI is InChI=1S/C10H10ClF2NO3/c1-2-17-10(16)5-3-7(15)8(9(12)13)14-6(5)4-11/h3,9,15H,2,4H2,1H3. The first kappa shape index (κ1) is 13.6. The van der Waals surface area contributed by atoms with Crippen LogP contribution in [0, 0.1) is 0 Å². The molecule has 1 aromatic rings. The second-order valence-electron chi connectivity index (χ2n) is 3.04. The van der Waals surface area contributed by atoms with Gasteiger partial charge in [0.2, 0.25) is 0 Å². The number of aromatic hydroxyl groups is 1. The average molecular weight is 266 g/mol. The monoisotopic (exact) mass is 265 g/mol. The van der Waals surface area contributed by atoms with Crippen LogP contribution in [0.1, 0.15) is 35.1 Å². The van der Waals surface area contributed by atoms with E-state index >= 15 is 0 Å². The summed E-state index contributed by atoms with van der Waals surface area (Å²) in [6.07, 6.45) is -2.94. The Morgan fingerprint density at radius 3 is 2.76 bits per heavy atom. The summed E-state index contributed by atoms with van der Waals surface area (Å²) in [6.45, 7) is 1.72. The van der Waals surface area contributed by atoms with Crippen molar-refractivity contribution in [3.63, 3.8) is 0 Å². The van der Waals surface area contributed by atoms with Crippen LogP contribution in [0.4, 0.5) is 8.78 Å². The summed E-state index contributed by atoms with van der Waals surface area (Å²) < 4.78 is 29.6. The van der Waals surface area contributed by atoms with E-state index in [0.29, 0.717) is 0 Å². The van der Waals surface area contributed by atoms with Gasteiger partial charge in [-0.25, -0.2) is 18.6 Å². The number of nitrogens with zero attached hydrogens (tertiary/aromatic N) is 1. The van der Waals surface area contributed by atoms with Crippen LogP contribution in [0.25, 0.3) is 0 Å². The Bertz CT molecular complexity index is 426. The average Bonchev–Trinajstić information content (AvgIpc) is 2.28. The Balaban J connectivity index is 3.23. The van der Waals surface area contributed by atoms with Crippen LogP contribution in [-0.4, -0.2) is 22.7 Å². The van der Waals surface area contributed by atoms with E-state index < -0.39 is 23.8 Å². The van der Waals surface area contributed by atoms with Crippen molar-refractivity contribution in [1.82, 2.24) is 4.98 Å². The molecule has 0 bridgehead atoms. The normalized spacial score (nSPS) is 10.6. The number of aromatic nitrogens is 1. The lowest BCUT2D eigenvalue weighted by Gasteiger charge is -2.09. The van der Waals surface area contributed by atoms with Gasteiger partial charge in [-0.15, -0.1) is 11.6 Å². The molecule has 0 aliphatic rings. The first-order valence-electron chi connectivity index (χ1n) is 4.75. The van der Waals surface area contributed by atoms with Gasteiger partial charge in [0.05, 0.1) is 23.7 Å². The van der Waals surface area contributed by atoms with Crippen LogP contribution in [0.3, 0.4) is 0 Å². The number of carbonyl (C=O) groups excluding carboxylic acids is 1. The number of carbonyl (C=O) groups is 1. The number of hydrogen-bond acceptors (Lipinski definition) is 4. The molecule has 0 aromatic carbocycles. The molecule has 1 rings (SSSR count). The van der Waals surface area contributed by atoms with Crippen molar-refractivity contribution in [2.24, 2.45) is 0 Å². The summed E-state index contributed by atoms with van der Waals surface area (Å²) in [5.41, 5.74) is -0.948.